The van der Waals surface area contributed by atoms with E-state index in [9.17, 15) is 24.6 Å². The van der Waals surface area contributed by atoms with Gasteiger partial charge in [-0.3, -0.25) is 19.6 Å². The van der Waals surface area contributed by atoms with Crippen LogP contribution < -0.4 is 11.1 Å². The van der Waals surface area contributed by atoms with Crippen molar-refractivity contribution in [2.45, 2.75) is 29.4 Å². The van der Waals surface area contributed by atoms with Crippen LogP contribution in [0.5, 0.6) is 5.75 Å². The summed E-state index contributed by atoms with van der Waals surface area (Å²) in [5, 5.41) is 32.2. The summed E-state index contributed by atoms with van der Waals surface area (Å²) >= 11 is 2.73. The number of H-pyrrole nitrogens is 1. The van der Waals surface area contributed by atoms with Crippen molar-refractivity contribution in [3.8, 4) is 5.75 Å². The van der Waals surface area contributed by atoms with Gasteiger partial charge in [-0.25, -0.2) is 4.79 Å². The molecule has 0 spiro atoms. The molecule has 4 rings (SSSR count). The summed E-state index contributed by atoms with van der Waals surface area (Å²) in [6.45, 7) is 1.69. The Morgan fingerprint density at radius 1 is 1.47 bits per heavy atom. The van der Waals surface area contributed by atoms with Crippen LogP contribution in [0.25, 0.3) is 0 Å². The highest BCUT2D eigenvalue weighted by atomic mass is 32.2. The zero-order valence-corrected chi connectivity index (χ0v) is 18.4. The first-order valence-corrected chi connectivity index (χ1v) is 11.6. The highest BCUT2D eigenvalue weighted by molar-refractivity contribution is 8.01. The van der Waals surface area contributed by atoms with Crippen LogP contribution in [0, 0.1) is 6.92 Å². The zero-order chi connectivity index (χ0) is 23.0. The number of carboxylic acid groups (broad SMARTS) is 1. The minimum Gasteiger partial charge on any atom is -0.508 e. The van der Waals surface area contributed by atoms with E-state index in [0.717, 1.165) is 0 Å². The Morgan fingerprint density at radius 3 is 2.91 bits per heavy atom. The third-order valence-corrected chi connectivity index (χ3v) is 7.54. The van der Waals surface area contributed by atoms with Crippen LogP contribution in [0.2, 0.25) is 0 Å². The number of carbonyl (C=O) groups is 3. The second kappa shape index (κ2) is 8.84. The monoisotopic (exact) mass is 476 g/mol. The normalized spacial score (nSPS) is 21.1. The molecule has 0 saturated carbocycles. The standard InChI is InChI=1S/C19H20N6O5S2/c1-8-4-9(2-3-11(8)26)13(20)16(27)22-14-17(28)25-15(19(29)30)10(7-32-18(14)25)6-31-12-5-21-24-23-12/h2-5,13-14,18,26H,6-7,20H2,1H3,(H,22,27)(H,29,30)(H,21,23,24)/t13?,14?,18-/m0/s1. The van der Waals surface area contributed by atoms with Gasteiger partial charge in [0, 0.05) is 11.5 Å². The van der Waals surface area contributed by atoms with Gasteiger partial charge in [0.15, 0.2) is 0 Å². The number of carbonyl (C=O) groups excluding carboxylic acids is 2. The third-order valence-electron chi connectivity index (χ3n) is 5.20. The average Bonchev–Trinajstić information content (AvgIpc) is 3.30. The van der Waals surface area contributed by atoms with Gasteiger partial charge >= 0.3 is 5.97 Å². The first-order valence-electron chi connectivity index (χ1n) is 9.52. The maximum absolute atomic E-state index is 12.8. The van der Waals surface area contributed by atoms with E-state index in [1.807, 2.05) is 0 Å². The van der Waals surface area contributed by atoms with Crippen molar-refractivity contribution in [3.63, 3.8) is 0 Å². The van der Waals surface area contributed by atoms with Crippen LogP contribution in [0.4, 0.5) is 0 Å². The van der Waals surface area contributed by atoms with Gasteiger partial charge in [0.25, 0.3) is 5.91 Å². The van der Waals surface area contributed by atoms with Gasteiger partial charge in [-0.05, 0) is 29.7 Å². The number of nitrogens with zero attached hydrogens (tertiary/aromatic N) is 3. The number of phenols is 1. The van der Waals surface area contributed by atoms with Crippen LogP contribution in [-0.2, 0) is 14.4 Å². The number of thioether (sulfide) groups is 2. The molecule has 168 valence electrons. The molecule has 3 heterocycles. The molecule has 6 N–H and O–H groups in total. The molecule has 1 aromatic carbocycles. The fourth-order valence-corrected chi connectivity index (χ4v) is 5.75. The first kappa shape index (κ1) is 22.2. The fraction of sp³-hybridized carbons (Fsp3) is 0.316. The number of aromatic amines is 1. The summed E-state index contributed by atoms with van der Waals surface area (Å²) in [5.41, 5.74) is 7.66. The fourth-order valence-electron chi connectivity index (χ4n) is 3.48. The van der Waals surface area contributed by atoms with Crippen molar-refractivity contribution < 1.29 is 24.6 Å². The third kappa shape index (κ3) is 4.06. The second-order valence-corrected chi connectivity index (χ2v) is 9.41. The largest absolute Gasteiger partial charge is 0.508 e. The lowest BCUT2D eigenvalue weighted by atomic mass is 10.0. The van der Waals surface area contributed by atoms with E-state index in [1.165, 1.54) is 40.7 Å². The lowest BCUT2D eigenvalue weighted by Crippen LogP contribution is -2.71. The van der Waals surface area contributed by atoms with Gasteiger partial charge in [-0.1, -0.05) is 17.3 Å². The van der Waals surface area contributed by atoms with Crippen molar-refractivity contribution in [2.24, 2.45) is 5.73 Å². The number of carboxylic acids is 1. The number of fused-ring (bicyclic) bond motifs is 1. The first-order chi connectivity index (χ1) is 15.3. The number of aromatic nitrogens is 3. The molecule has 1 fully saturated rings. The Morgan fingerprint density at radius 2 is 2.25 bits per heavy atom. The summed E-state index contributed by atoms with van der Waals surface area (Å²) in [7, 11) is 0. The summed E-state index contributed by atoms with van der Waals surface area (Å²) in [6.07, 6.45) is 1.53. The van der Waals surface area contributed by atoms with Gasteiger partial charge in [-0.2, -0.15) is 0 Å². The number of aryl methyl sites for hydroxylation is 1. The van der Waals surface area contributed by atoms with Gasteiger partial charge in [0.05, 0.1) is 6.20 Å². The van der Waals surface area contributed by atoms with Gasteiger partial charge in [0.2, 0.25) is 5.91 Å². The molecule has 2 aliphatic heterocycles. The Bertz CT molecular complexity index is 1110. The van der Waals surface area contributed by atoms with Gasteiger partial charge in [0.1, 0.15) is 33.9 Å². The van der Waals surface area contributed by atoms with Gasteiger partial charge < -0.3 is 21.3 Å². The van der Waals surface area contributed by atoms with Gasteiger partial charge in [-0.15, -0.1) is 28.6 Å². The number of nitrogens with one attached hydrogen (secondary N) is 2. The zero-order valence-electron chi connectivity index (χ0n) is 16.8. The molecule has 2 aliphatic rings. The van der Waals surface area contributed by atoms with E-state index >= 15 is 0 Å². The van der Waals surface area contributed by atoms with Crippen LogP contribution >= 0.6 is 23.5 Å². The molecular formula is C19H20N6O5S2. The summed E-state index contributed by atoms with van der Waals surface area (Å²) < 4.78 is 0. The molecule has 1 saturated heterocycles. The summed E-state index contributed by atoms with van der Waals surface area (Å²) in [6, 6.07) is 2.70. The predicted octanol–water partition coefficient (Wildman–Crippen LogP) is 0.349. The van der Waals surface area contributed by atoms with E-state index in [2.05, 4.69) is 20.7 Å². The lowest BCUT2D eigenvalue weighted by Gasteiger charge is -2.49. The molecule has 2 aromatic rings. The van der Waals surface area contributed by atoms with E-state index in [0.29, 0.717) is 33.2 Å². The van der Waals surface area contributed by atoms with Crippen molar-refractivity contribution in [1.29, 1.82) is 0 Å². The maximum atomic E-state index is 12.8. The minimum atomic E-state index is -1.19. The average molecular weight is 477 g/mol. The SMILES string of the molecule is Cc1cc(C(N)C(=O)NC2C(=O)N3C(C(=O)O)=C(CSc4cnn[nH]4)CS[C@@H]23)ccc1O. The Balaban J connectivity index is 1.45. The Labute approximate surface area is 190 Å². The number of benzene rings is 1. The number of hydrogen-bond donors (Lipinski definition) is 5. The maximum Gasteiger partial charge on any atom is 0.352 e. The molecular weight excluding hydrogens is 456 g/mol. The molecule has 2 amide bonds. The number of aliphatic carboxylic acids is 1. The molecule has 32 heavy (non-hydrogen) atoms. The molecule has 3 atom stereocenters. The molecule has 11 nitrogen and oxygen atoms in total. The van der Waals surface area contributed by atoms with Crippen LogP contribution in [0.3, 0.4) is 0 Å². The van der Waals surface area contributed by atoms with Crippen molar-refractivity contribution in [2.75, 3.05) is 11.5 Å². The van der Waals surface area contributed by atoms with Crippen molar-refractivity contribution in [1.82, 2.24) is 25.6 Å². The van der Waals surface area contributed by atoms with Crippen LogP contribution in [0.1, 0.15) is 17.2 Å². The number of rotatable bonds is 7. The van der Waals surface area contributed by atoms with E-state index in [1.54, 1.807) is 19.1 Å². The molecule has 0 bridgehead atoms. The number of amides is 2. The van der Waals surface area contributed by atoms with Crippen molar-refractivity contribution >= 4 is 41.3 Å². The van der Waals surface area contributed by atoms with E-state index in [4.69, 9.17) is 5.73 Å². The number of phenolic OH excluding ortho intramolecular Hbond substituents is 1. The molecule has 0 aliphatic carbocycles. The second-order valence-electron chi connectivity index (χ2n) is 7.29. The quantitative estimate of drug-likeness (QED) is 0.277. The Hall–Kier alpha value is -3.03. The topological polar surface area (TPSA) is 175 Å². The molecule has 1 aromatic heterocycles. The van der Waals surface area contributed by atoms with Crippen molar-refractivity contribution in [3.05, 3.63) is 46.8 Å². The molecule has 2 unspecified atom stereocenters. The number of aromatic hydroxyl groups is 1. The highest BCUT2D eigenvalue weighted by Gasteiger charge is 2.54. The summed E-state index contributed by atoms with van der Waals surface area (Å²) in [5.74, 6) is -1.38. The molecule has 13 heteroatoms. The lowest BCUT2D eigenvalue weighted by molar-refractivity contribution is -0.150. The smallest absolute Gasteiger partial charge is 0.352 e. The van der Waals surface area contributed by atoms with E-state index in [-0.39, 0.29) is 11.4 Å². The Kier molecular flexibility index (Phi) is 6.13. The minimum absolute atomic E-state index is 0.0531. The number of hydrogen-bond acceptors (Lipinski definition) is 9. The van der Waals surface area contributed by atoms with Crippen LogP contribution in [-0.4, -0.2) is 71.2 Å². The van der Waals surface area contributed by atoms with Crippen LogP contribution in [0.15, 0.2) is 40.7 Å². The number of β-lactam (4-membered cyclic amide) rings is 1. The van der Waals surface area contributed by atoms with E-state index < -0.39 is 35.2 Å². The predicted molar refractivity (Wildman–Crippen MR) is 117 cm³/mol. The highest BCUT2D eigenvalue weighted by Crippen LogP contribution is 2.41. The number of nitrogens with two attached hydrogens (primary N) is 1. The molecule has 0 radical (unpaired) electrons. The summed E-state index contributed by atoms with van der Waals surface area (Å²) in [4.78, 5) is 38.6.